The first-order valence-corrected chi connectivity index (χ1v) is 12.0. The molecule has 11 heteroatoms. The highest BCUT2D eigenvalue weighted by Gasteiger charge is 2.21. The van der Waals surface area contributed by atoms with Gasteiger partial charge < -0.3 is 18.6 Å². The van der Waals surface area contributed by atoms with Crippen LogP contribution in [-0.2, 0) is 0 Å². The van der Waals surface area contributed by atoms with E-state index >= 15 is 0 Å². The lowest BCUT2D eigenvalue weighted by Crippen LogP contribution is -2.24. The van der Waals surface area contributed by atoms with Crippen molar-refractivity contribution in [1.82, 2.24) is 19.3 Å². The Morgan fingerprint density at radius 1 is 1.12 bits per heavy atom. The van der Waals surface area contributed by atoms with Crippen molar-refractivity contribution in [1.29, 1.82) is 0 Å². The average Bonchev–Trinajstić information content (AvgIpc) is 3.65. The lowest BCUT2D eigenvalue weighted by Gasteiger charge is -2.11. The summed E-state index contributed by atoms with van der Waals surface area (Å²) in [5, 5.41) is 6.65. The van der Waals surface area contributed by atoms with Crippen molar-refractivity contribution >= 4 is 44.3 Å². The van der Waals surface area contributed by atoms with E-state index in [4.69, 9.17) is 23.6 Å². The number of imidazole rings is 1. The zero-order chi connectivity index (χ0) is 23.1. The Balaban J connectivity index is 1.27. The molecule has 1 aliphatic rings. The van der Waals surface area contributed by atoms with Gasteiger partial charge in [0.2, 0.25) is 4.96 Å². The highest BCUT2D eigenvalue weighted by Crippen LogP contribution is 2.37. The number of nitrogens with zero attached hydrogens (tertiary/aromatic N) is 4. The van der Waals surface area contributed by atoms with Crippen LogP contribution in [0.5, 0.6) is 16.7 Å². The number of fused-ring (bicyclic) bond motifs is 2. The summed E-state index contributed by atoms with van der Waals surface area (Å²) < 4.78 is 27.9. The van der Waals surface area contributed by atoms with Gasteiger partial charge in [-0.2, -0.15) is 0 Å². The standard InChI is InChI=1S/C23H19N5O4S2/c1-29-14-8-17(31-12-20-25-21(34-27-20)13-6-4-3-5-7-13)15-10-19(32-18(15)9-14)16-11-28-22(24-16)33-23(26-28)30-2/h3-11,20,27H,12H2,1-2H3. The number of benzene rings is 2. The molecule has 0 radical (unpaired) electrons. The van der Waals surface area contributed by atoms with Crippen molar-refractivity contribution in [3.05, 3.63) is 60.3 Å². The molecule has 0 fully saturated rings. The minimum Gasteiger partial charge on any atom is -0.496 e. The Morgan fingerprint density at radius 3 is 2.79 bits per heavy atom. The van der Waals surface area contributed by atoms with Crippen LogP contribution in [0.3, 0.4) is 0 Å². The summed E-state index contributed by atoms with van der Waals surface area (Å²) in [6, 6.07) is 15.7. The number of methoxy groups -OCH3 is 2. The number of furan rings is 1. The summed E-state index contributed by atoms with van der Waals surface area (Å²) in [4.78, 5) is 10.1. The molecule has 0 spiro atoms. The fraction of sp³-hybridized carbons (Fsp3) is 0.174. The zero-order valence-corrected chi connectivity index (χ0v) is 19.9. The van der Waals surface area contributed by atoms with Crippen molar-refractivity contribution in [2.45, 2.75) is 6.17 Å². The molecule has 2 aromatic carbocycles. The smallest absolute Gasteiger partial charge is 0.294 e. The lowest BCUT2D eigenvalue weighted by atomic mass is 10.2. The maximum atomic E-state index is 6.18. The fourth-order valence-electron chi connectivity index (χ4n) is 3.60. The van der Waals surface area contributed by atoms with Crippen molar-refractivity contribution in [3.63, 3.8) is 0 Å². The van der Waals surface area contributed by atoms with Crippen LogP contribution in [0.1, 0.15) is 5.56 Å². The number of hydrogen-bond donors (Lipinski definition) is 1. The molecule has 1 aliphatic heterocycles. The van der Waals surface area contributed by atoms with Crippen molar-refractivity contribution in [3.8, 4) is 28.1 Å². The van der Waals surface area contributed by atoms with Gasteiger partial charge in [-0.05, 0) is 29.4 Å². The van der Waals surface area contributed by atoms with Crippen molar-refractivity contribution < 1.29 is 18.6 Å². The Hall–Kier alpha value is -3.54. The highest BCUT2D eigenvalue weighted by molar-refractivity contribution is 8.13. The second kappa shape index (κ2) is 8.67. The van der Waals surface area contributed by atoms with E-state index in [1.807, 2.05) is 54.7 Å². The van der Waals surface area contributed by atoms with Gasteiger partial charge in [0, 0.05) is 17.7 Å². The van der Waals surface area contributed by atoms with Gasteiger partial charge in [-0.15, -0.1) is 5.10 Å². The molecule has 0 amide bonds. The minimum atomic E-state index is -0.172. The third-order valence-electron chi connectivity index (χ3n) is 5.24. The molecule has 1 N–H and O–H groups in total. The van der Waals surface area contributed by atoms with Gasteiger partial charge in [-0.25, -0.2) is 14.2 Å². The highest BCUT2D eigenvalue weighted by atomic mass is 32.2. The van der Waals surface area contributed by atoms with Crippen LogP contribution in [0.4, 0.5) is 0 Å². The van der Waals surface area contributed by atoms with Crippen LogP contribution in [0.25, 0.3) is 27.4 Å². The fourth-order valence-corrected chi connectivity index (χ4v) is 5.10. The normalized spacial score (nSPS) is 15.7. The first kappa shape index (κ1) is 21.0. The van der Waals surface area contributed by atoms with Crippen molar-refractivity contribution in [2.24, 2.45) is 4.99 Å². The van der Waals surface area contributed by atoms with Gasteiger partial charge in [-0.1, -0.05) is 30.3 Å². The van der Waals surface area contributed by atoms with E-state index in [2.05, 4.69) is 14.8 Å². The van der Waals surface area contributed by atoms with E-state index in [9.17, 15) is 0 Å². The number of ether oxygens (including phenoxy) is 3. The molecule has 1 unspecified atom stereocenters. The van der Waals surface area contributed by atoms with Crippen LogP contribution in [0, 0.1) is 0 Å². The molecule has 34 heavy (non-hydrogen) atoms. The van der Waals surface area contributed by atoms with Crippen LogP contribution in [-0.4, -0.2) is 46.6 Å². The lowest BCUT2D eigenvalue weighted by molar-refractivity contribution is 0.288. The molecule has 6 rings (SSSR count). The van der Waals surface area contributed by atoms with Gasteiger partial charge in [0.1, 0.15) is 40.6 Å². The zero-order valence-electron chi connectivity index (χ0n) is 18.2. The summed E-state index contributed by atoms with van der Waals surface area (Å²) in [5.41, 5.74) is 2.40. The number of nitrogens with one attached hydrogen (secondary N) is 1. The molecule has 0 saturated heterocycles. The van der Waals surface area contributed by atoms with Crippen LogP contribution >= 0.6 is 23.3 Å². The summed E-state index contributed by atoms with van der Waals surface area (Å²) in [5.74, 6) is 1.91. The molecule has 3 aromatic heterocycles. The van der Waals surface area contributed by atoms with Crippen LogP contribution < -0.4 is 18.9 Å². The van der Waals surface area contributed by atoms with Gasteiger partial charge in [0.25, 0.3) is 5.19 Å². The quantitative estimate of drug-likeness (QED) is 0.328. The monoisotopic (exact) mass is 493 g/mol. The van der Waals surface area contributed by atoms with E-state index in [-0.39, 0.29) is 6.17 Å². The third-order valence-corrected chi connectivity index (χ3v) is 7.05. The first-order chi connectivity index (χ1) is 16.7. The minimum absolute atomic E-state index is 0.172. The molecule has 172 valence electrons. The Kier molecular flexibility index (Phi) is 5.36. The number of aromatic nitrogens is 3. The summed E-state index contributed by atoms with van der Waals surface area (Å²) in [6.07, 6.45) is 1.64. The molecule has 0 saturated carbocycles. The maximum absolute atomic E-state index is 6.18. The first-order valence-electron chi connectivity index (χ1n) is 10.4. The predicted molar refractivity (Wildman–Crippen MR) is 132 cm³/mol. The molecule has 0 bridgehead atoms. The summed E-state index contributed by atoms with van der Waals surface area (Å²) >= 11 is 2.87. The average molecular weight is 494 g/mol. The van der Waals surface area contributed by atoms with Crippen LogP contribution in [0.15, 0.2) is 64.1 Å². The van der Waals surface area contributed by atoms with Gasteiger partial charge in [-0.3, -0.25) is 4.99 Å². The van der Waals surface area contributed by atoms with E-state index in [1.54, 1.807) is 18.7 Å². The van der Waals surface area contributed by atoms with E-state index < -0.39 is 0 Å². The molecule has 9 nitrogen and oxygen atoms in total. The Bertz CT molecular complexity index is 1480. The SMILES string of the molecule is COc1cc(OCC2N=C(c3ccccc3)SN2)c2cc(-c3cn4nc(OC)sc4n3)oc2c1. The number of rotatable bonds is 7. The predicted octanol–water partition coefficient (Wildman–Crippen LogP) is 4.62. The molecule has 4 heterocycles. The molecule has 5 aromatic rings. The van der Waals surface area contributed by atoms with Gasteiger partial charge in [0.05, 0.1) is 25.8 Å². The van der Waals surface area contributed by atoms with Gasteiger partial charge in [0.15, 0.2) is 5.76 Å². The number of hydrogen-bond acceptors (Lipinski definition) is 10. The molecular formula is C23H19N5O4S2. The number of aliphatic imine (C=N–C) groups is 1. The molecule has 0 aliphatic carbocycles. The van der Waals surface area contributed by atoms with E-state index in [0.29, 0.717) is 40.3 Å². The topological polar surface area (TPSA) is 95.4 Å². The molecular weight excluding hydrogens is 474 g/mol. The van der Waals surface area contributed by atoms with Crippen LogP contribution in [0.2, 0.25) is 0 Å². The Morgan fingerprint density at radius 2 is 2.00 bits per heavy atom. The van der Waals surface area contributed by atoms with Gasteiger partial charge >= 0.3 is 0 Å². The summed E-state index contributed by atoms with van der Waals surface area (Å²) in [7, 11) is 3.20. The largest absolute Gasteiger partial charge is 0.496 e. The summed E-state index contributed by atoms with van der Waals surface area (Å²) in [6.45, 7) is 0.357. The second-order valence-corrected chi connectivity index (χ2v) is 9.17. The van der Waals surface area contributed by atoms with E-state index in [1.165, 1.54) is 23.3 Å². The maximum Gasteiger partial charge on any atom is 0.294 e. The Labute approximate surface area is 202 Å². The van der Waals surface area contributed by atoms with E-state index in [0.717, 1.165) is 21.0 Å². The third kappa shape index (κ3) is 3.87. The molecule has 1 atom stereocenters. The second-order valence-electron chi connectivity index (χ2n) is 7.42. The van der Waals surface area contributed by atoms with Crippen molar-refractivity contribution in [2.75, 3.05) is 20.8 Å².